The van der Waals surface area contributed by atoms with Crippen molar-refractivity contribution in [2.24, 2.45) is 0 Å². The first-order chi connectivity index (χ1) is 7.39. The molecule has 2 heterocycles. The van der Waals surface area contributed by atoms with Crippen LogP contribution in [0.15, 0.2) is 0 Å². The number of rotatable bonds is 2. The van der Waals surface area contributed by atoms with E-state index in [2.05, 4.69) is 14.7 Å². The van der Waals surface area contributed by atoms with E-state index in [4.69, 9.17) is 4.74 Å². The highest BCUT2D eigenvalue weighted by molar-refractivity contribution is 7.09. The maximum absolute atomic E-state index is 12.2. The molecule has 0 aromatic carbocycles. The van der Waals surface area contributed by atoms with E-state index < -0.39 is 12.0 Å². The Bertz CT molecular complexity index is 373. The Morgan fingerprint density at radius 1 is 1.50 bits per heavy atom. The van der Waals surface area contributed by atoms with Crippen LogP contribution in [-0.2, 0) is 10.9 Å². The van der Waals surface area contributed by atoms with Crippen molar-refractivity contribution in [2.45, 2.75) is 25.1 Å². The van der Waals surface area contributed by atoms with Gasteiger partial charge in [-0.15, -0.1) is 0 Å². The van der Waals surface area contributed by atoms with Crippen LogP contribution in [0, 0.1) is 0 Å². The van der Waals surface area contributed by atoms with Gasteiger partial charge in [-0.2, -0.15) is 22.5 Å². The summed E-state index contributed by atoms with van der Waals surface area (Å²) in [5, 5.41) is 3.11. The third-order valence-corrected chi connectivity index (χ3v) is 2.94. The topological polar surface area (TPSA) is 47.0 Å². The van der Waals surface area contributed by atoms with Crippen LogP contribution in [0.25, 0.3) is 0 Å². The van der Waals surface area contributed by atoms with Gasteiger partial charge in [0.2, 0.25) is 11.0 Å². The van der Waals surface area contributed by atoms with Gasteiger partial charge in [0.25, 0.3) is 0 Å². The summed E-state index contributed by atoms with van der Waals surface area (Å²) in [6.45, 7) is 2.96. The Morgan fingerprint density at radius 3 is 2.75 bits per heavy atom. The molecule has 1 N–H and O–H groups in total. The van der Waals surface area contributed by atoms with E-state index in [1.54, 1.807) is 0 Å². The quantitative estimate of drug-likeness (QED) is 0.877. The lowest BCUT2D eigenvalue weighted by atomic mass is 10.0. The number of nitrogens with one attached hydrogen (secondary N) is 1. The third kappa shape index (κ3) is 2.43. The Balaban J connectivity index is 2.08. The Hall–Kier alpha value is -0.890. The predicted molar refractivity (Wildman–Crippen MR) is 52.4 cm³/mol. The summed E-state index contributed by atoms with van der Waals surface area (Å²) in [6, 6.07) is 0. The second kappa shape index (κ2) is 3.85. The number of halogens is 3. The second-order valence-corrected chi connectivity index (χ2v) is 4.66. The average molecular weight is 253 g/mol. The first kappa shape index (κ1) is 11.6. The lowest BCUT2D eigenvalue weighted by molar-refractivity contribution is -0.144. The van der Waals surface area contributed by atoms with Crippen LogP contribution in [0.2, 0.25) is 0 Å². The molecule has 0 bridgehead atoms. The highest BCUT2D eigenvalue weighted by atomic mass is 32.1. The summed E-state index contributed by atoms with van der Waals surface area (Å²) in [5.41, 5.74) is -0.345. The fourth-order valence-electron chi connectivity index (χ4n) is 1.41. The molecule has 16 heavy (non-hydrogen) atoms. The van der Waals surface area contributed by atoms with Crippen molar-refractivity contribution in [3.8, 4) is 0 Å². The molecule has 2 rings (SSSR count). The number of hydrogen-bond acceptors (Lipinski definition) is 5. The van der Waals surface area contributed by atoms with E-state index in [1.807, 2.05) is 6.92 Å². The van der Waals surface area contributed by atoms with Crippen LogP contribution in [-0.4, -0.2) is 28.1 Å². The first-order valence-corrected chi connectivity index (χ1v) is 5.43. The molecule has 1 saturated heterocycles. The van der Waals surface area contributed by atoms with Gasteiger partial charge in [0.1, 0.15) is 0 Å². The number of aromatic nitrogens is 2. The molecule has 0 spiro atoms. The van der Waals surface area contributed by atoms with E-state index in [1.165, 1.54) is 0 Å². The molecule has 1 aliphatic rings. The number of anilines is 1. The molecule has 8 heteroatoms. The highest BCUT2D eigenvalue weighted by Gasteiger charge is 2.37. The molecule has 1 aromatic heterocycles. The van der Waals surface area contributed by atoms with Gasteiger partial charge in [-0.1, -0.05) is 0 Å². The number of ether oxygens (including phenoxy) is 1. The molecule has 90 valence electrons. The molecule has 1 aromatic rings. The molecular formula is C8H10F3N3OS. The maximum atomic E-state index is 12.2. The first-order valence-electron chi connectivity index (χ1n) is 4.66. The molecule has 0 amide bonds. The minimum Gasteiger partial charge on any atom is -0.379 e. The Kier molecular flexibility index (Phi) is 2.79. The smallest absolute Gasteiger partial charge is 0.379 e. The largest absolute Gasteiger partial charge is 0.452 e. The van der Waals surface area contributed by atoms with Crippen LogP contribution in [0.4, 0.5) is 18.3 Å². The molecule has 1 fully saturated rings. The van der Waals surface area contributed by atoms with Crippen molar-refractivity contribution in [1.29, 1.82) is 0 Å². The summed E-state index contributed by atoms with van der Waals surface area (Å²) in [6.07, 6.45) is -3.74. The average Bonchev–Trinajstić information content (AvgIpc) is 2.74. The molecule has 0 aliphatic carbocycles. The van der Waals surface area contributed by atoms with Crippen LogP contribution < -0.4 is 5.32 Å². The van der Waals surface area contributed by atoms with Gasteiger partial charge in [0.15, 0.2) is 0 Å². The molecule has 1 unspecified atom stereocenters. The molecule has 0 saturated carbocycles. The van der Waals surface area contributed by atoms with E-state index in [9.17, 15) is 13.2 Å². The van der Waals surface area contributed by atoms with Crippen molar-refractivity contribution in [3.05, 3.63) is 5.82 Å². The van der Waals surface area contributed by atoms with Gasteiger partial charge in [0, 0.05) is 18.1 Å². The SMILES string of the molecule is CC1(Nc2nc(C(F)(F)F)ns2)CCOC1. The summed E-state index contributed by atoms with van der Waals surface area (Å²) < 4.78 is 45.2. The van der Waals surface area contributed by atoms with Gasteiger partial charge < -0.3 is 10.1 Å². The minimum absolute atomic E-state index is 0.181. The Morgan fingerprint density at radius 2 is 2.25 bits per heavy atom. The second-order valence-electron chi connectivity index (χ2n) is 3.91. The van der Waals surface area contributed by atoms with Crippen molar-refractivity contribution in [3.63, 3.8) is 0 Å². The molecule has 4 nitrogen and oxygen atoms in total. The molecular weight excluding hydrogens is 243 g/mol. The maximum Gasteiger partial charge on any atom is 0.452 e. The van der Waals surface area contributed by atoms with Gasteiger partial charge in [-0.05, 0) is 13.3 Å². The highest BCUT2D eigenvalue weighted by Crippen LogP contribution is 2.31. The van der Waals surface area contributed by atoms with Gasteiger partial charge in [0.05, 0.1) is 12.1 Å². The number of hydrogen-bond donors (Lipinski definition) is 1. The number of nitrogens with zero attached hydrogens (tertiary/aromatic N) is 2. The summed E-state index contributed by atoms with van der Waals surface area (Å²) in [4.78, 5) is 3.41. The molecule has 0 radical (unpaired) electrons. The van der Waals surface area contributed by atoms with E-state index >= 15 is 0 Å². The van der Waals surface area contributed by atoms with E-state index in [0.29, 0.717) is 24.7 Å². The lowest BCUT2D eigenvalue weighted by Crippen LogP contribution is -2.34. The monoisotopic (exact) mass is 253 g/mol. The third-order valence-electron chi connectivity index (χ3n) is 2.31. The zero-order chi connectivity index (χ0) is 11.8. The molecule has 1 atom stereocenters. The normalized spacial score (nSPS) is 26.0. The zero-order valence-corrected chi connectivity index (χ0v) is 9.28. The Labute approximate surface area is 94.0 Å². The van der Waals surface area contributed by atoms with Crippen molar-refractivity contribution < 1.29 is 17.9 Å². The predicted octanol–water partition coefficient (Wildman–Crippen LogP) is 2.15. The van der Waals surface area contributed by atoms with Gasteiger partial charge >= 0.3 is 6.18 Å². The zero-order valence-electron chi connectivity index (χ0n) is 8.47. The van der Waals surface area contributed by atoms with Crippen molar-refractivity contribution >= 4 is 16.7 Å². The van der Waals surface area contributed by atoms with Crippen LogP contribution in [0.3, 0.4) is 0 Å². The minimum atomic E-state index is -4.48. The summed E-state index contributed by atoms with van der Waals surface area (Å²) >= 11 is 0.714. The van der Waals surface area contributed by atoms with Crippen molar-refractivity contribution in [1.82, 2.24) is 9.36 Å². The van der Waals surface area contributed by atoms with Crippen LogP contribution in [0.1, 0.15) is 19.2 Å². The van der Waals surface area contributed by atoms with Gasteiger partial charge in [-0.3, -0.25) is 0 Å². The number of alkyl halides is 3. The lowest BCUT2D eigenvalue weighted by Gasteiger charge is -2.22. The standard InChI is InChI=1S/C8H10F3N3OS/c1-7(2-3-15-4-7)13-6-12-5(14-16-6)8(9,10)11/h2-4H2,1H3,(H,12,13,14). The van der Waals surface area contributed by atoms with Gasteiger partial charge in [-0.25, -0.2) is 0 Å². The fraction of sp³-hybridized carbons (Fsp3) is 0.750. The summed E-state index contributed by atoms with van der Waals surface area (Å²) in [5.74, 6) is -1.09. The van der Waals surface area contributed by atoms with Crippen LogP contribution >= 0.6 is 11.5 Å². The fourth-order valence-corrected chi connectivity index (χ4v) is 2.15. The van der Waals surface area contributed by atoms with Crippen LogP contribution in [0.5, 0.6) is 0 Å². The van der Waals surface area contributed by atoms with E-state index in [-0.39, 0.29) is 10.7 Å². The molecule has 1 aliphatic heterocycles. The van der Waals surface area contributed by atoms with E-state index in [0.717, 1.165) is 6.42 Å². The summed E-state index contributed by atoms with van der Waals surface area (Å²) in [7, 11) is 0. The van der Waals surface area contributed by atoms with Crippen molar-refractivity contribution in [2.75, 3.05) is 18.5 Å².